The first-order chi connectivity index (χ1) is 6.16. The SMILES string of the molecule is Nc1cc(=O)[nH]c(C(N)C2CC2)n1. The van der Waals surface area contributed by atoms with Gasteiger partial charge in [-0.05, 0) is 18.8 Å². The van der Waals surface area contributed by atoms with Crippen molar-refractivity contribution in [2.24, 2.45) is 11.7 Å². The Morgan fingerprint density at radius 1 is 1.62 bits per heavy atom. The summed E-state index contributed by atoms with van der Waals surface area (Å²) in [5, 5.41) is 0. The zero-order valence-corrected chi connectivity index (χ0v) is 7.16. The summed E-state index contributed by atoms with van der Waals surface area (Å²) < 4.78 is 0. The number of rotatable bonds is 2. The van der Waals surface area contributed by atoms with E-state index in [9.17, 15) is 4.79 Å². The lowest BCUT2D eigenvalue weighted by atomic mass is 10.2. The zero-order chi connectivity index (χ0) is 9.42. The number of hydrogen-bond acceptors (Lipinski definition) is 4. The maximum absolute atomic E-state index is 11.0. The van der Waals surface area contributed by atoms with Crippen molar-refractivity contribution in [3.05, 3.63) is 22.2 Å². The van der Waals surface area contributed by atoms with Crippen LogP contribution in [-0.2, 0) is 0 Å². The zero-order valence-electron chi connectivity index (χ0n) is 7.16. The average molecular weight is 180 g/mol. The quantitative estimate of drug-likeness (QED) is 0.585. The molecule has 1 aliphatic carbocycles. The topological polar surface area (TPSA) is 97.8 Å². The Morgan fingerprint density at radius 3 is 2.85 bits per heavy atom. The standard InChI is InChI=1S/C8H12N4O/c9-5-3-6(13)12-8(11-5)7(10)4-1-2-4/h3-4,7H,1-2,10H2,(H3,9,11,12,13). The van der Waals surface area contributed by atoms with Crippen LogP contribution in [0, 0.1) is 5.92 Å². The summed E-state index contributed by atoms with van der Waals surface area (Å²) in [5.41, 5.74) is 11.0. The highest BCUT2D eigenvalue weighted by molar-refractivity contribution is 5.26. The van der Waals surface area contributed by atoms with Crippen LogP contribution in [0.15, 0.2) is 10.9 Å². The third-order valence-corrected chi connectivity index (χ3v) is 2.23. The van der Waals surface area contributed by atoms with Crippen LogP contribution in [0.25, 0.3) is 0 Å². The first-order valence-corrected chi connectivity index (χ1v) is 4.29. The fraction of sp³-hybridized carbons (Fsp3) is 0.500. The van der Waals surface area contributed by atoms with Crippen LogP contribution < -0.4 is 17.0 Å². The molecule has 1 atom stereocenters. The molecule has 1 aliphatic rings. The summed E-state index contributed by atoms with van der Waals surface area (Å²) in [7, 11) is 0. The third-order valence-electron chi connectivity index (χ3n) is 2.23. The van der Waals surface area contributed by atoms with Crippen molar-refractivity contribution in [2.75, 3.05) is 5.73 Å². The molecule has 0 spiro atoms. The maximum atomic E-state index is 11.0. The van der Waals surface area contributed by atoms with E-state index in [0.29, 0.717) is 11.7 Å². The Labute approximate surface area is 75.2 Å². The highest BCUT2D eigenvalue weighted by Gasteiger charge is 2.31. The van der Waals surface area contributed by atoms with Crippen LogP contribution in [0.5, 0.6) is 0 Å². The molecule has 5 heteroatoms. The minimum atomic E-state index is -0.237. The van der Waals surface area contributed by atoms with E-state index in [1.807, 2.05) is 0 Å². The van der Waals surface area contributed by atoms with E-state index in [4.69, 9.17) is 11.5 Å². The van der Waals surface area contributed by atoms with E-state index in [1.54, 1.807) is 0 Å². The molecule has 1 aromatic heterocycles. The van der Waals surface area contributed by atoms with Gasteiger partial charge in [-0.25, -0.2) is 4.98 Å². The lowest BCUT2D eigenvalue weighted by molar-refractivity contribution is 0.592. The van der Waals surface area contributed by atoms with Gasteiger partial charge >= 0.3 is 0 Å². The number of hydrogen-bond donors (Lipinski definition) is 3. The lowest BCUT2D eigenvalue weighted by Gasteiger charge is -2.08. The second-order valence-electron chi connectivity index (χ2n) is 3.42. The Bertz CT molecular complexity index is 369. The van der Waals surface area contributed by atoms with Crippen molar-refractivity contribution in [1.82, 2.24) is 9.97 Å². The molecule has 70 valence electrons. The van der Waals surface area contributed by atoms with Crippen LogP contribution in [0.4, 0.5) is 5.82 Å². The molecule has 1 aromatic rings. The lowest BCUT2D eigenvalue weighted by Crippen LogP contribution is -2.21. The predicted molar refractivity (Wildman–Crippen MR) is 48.9 cm³/mol. The van der Waals surface area contributed by atoms with Crippen molar-refractivity contribution in [2.45, 2.75) is 18.9 Å². The monoisotopic (exact) mass is 180 g/mol. The number of aromatic nitrogens is 2. The van der Waals surface area contributed by atoms with Crippen LogP contribution in [0.3, 0.4) is 0 Å². The highest BCUT2D eigenvalue weighted by Crippen LogP contribution is 2.38. The maximum Gasteiger partial charge on any atom is 0.253 e. The molecule has 0 radical (unpaired) electrons. The Morgan fingerprint density at radius 2 is 2.31 bits per heavy atom. The van der Waals surface area contributed by atoms with Gasteiger partial charge in [0.15, 0.2) is 0 Å². The second-order valence-corrected chi connectivity index (χ2v) is 3.42. The van der Waals surface area contributed by atoms with Gasteiger partial charge in [-0.15, -0.1) is 0 Å². The Hall–Kier alpha value is -1.36. The summed E-state index contributed by atoms with van der Waals surface area (Å²) in [6.45, 7) is 0. The van der Waals surface area contributed by atoms with Gasteiger partial charge in [-0.2, -0.15) is 0 Å². The molecule has 13 heavy (non-hydrogen) atoms. The first kappa shape index (κ1) is 8.25. The fourth-order valence-corrected chi connectivity index (χ4v) is 1.33. The molecule has 1 fully saturated rings. The van der Waals surface area contributed by atoms with E-state index in [0.717, 1.165) is 12.8 Å². The molecule has 5 nitrogen and oxygen atoms in total. The van der Waals surface area contributed by atoms with E-state index in [-0.39, 0.29) is 17.4 Å². The van der Waals surface area contributed by atoms with Crippen LogP contribution in [-0.4, -0.2) is 9.97 Å². The average Bonchev–Trinajstić information content (AvgIpc) is 2.83. The smallest absolute Gasteiger partial charge is 0.253 e. The molecule has 0 amide bonds. The van der Waals surface area contributed by atoms with Crippen molar-refractivity contribution in [1.29, 1.82) is 0 Å². The molecule has 0 aromatic carbocycles. The highest BCUT2D eigenvalue weighted by atomic mass is 16.1. The van der Waals surface area contributed by atoms with Crippen molar-refractivity contribution >= 4 is 5.82 Å². The molecule has 0 saturated heterocycles. The minimum Gasteiger partial charge on any atom is -0.383 e. The normalized spacial score (nSPS) is 18.5. The van der Waals surface area contributed by atoms with Gasteiger partial charge in [0, 0.05) is 6.07 Å². The predicted octanol–water partition coefficient (Wildman–Crippen LogP) is -0.238. The molecule has 5 N–H and O–H groups in total. The fourth-order valence-electron chi connectivity index (χ4n) is 1.33. The summed E-state index contributed by atoms with van der Waals surface area (Å²) >= 11 is 0. The van der Waals surface area contributed by atoms with Crippen LogP contribution in [0.1, 0.15) is 24.7 Å². The molecular weight excluding hydrogens is 168 g/mol. The van der Waals surface area contributed by atoms with E-state index >= 15 is 0 Å². The largest absolute Gasteiger partial charge is 0.383 e. The number of aromatic amines is 1. The van der Waals surface area contributed by atoms with Gasteiger partial charge in [0.05, 0.1) is 6.04 Å². The van der Waals surface area contributed by atoms with E-state index in [1.165, 1.54) is 6.07 Å². The molecule has 1 unspecified atom stereocenters. The van der Waals surface area contributed by atoms with Gasteiger partial charge in [0.2, 0.25) is 0 Å². The molecule has 0 aliphatic heterocycles. The first-order valence-electron chi connectivity index (χ1n) is 4.29. The third kappa shape index (κ3) is 1.70. The van der Waals surface area contributed by atoms with Gasteiger partial charge < -0.3 is 16.5 Å². The van der Waals surface area contributed by atoms with Crippen LogP contribution in [0.2, 0.25) is 0 Å². The van der Waals surface area contributed by atoms with Crippen molar-refractivity contribution in [3.8, 4) is 0 Å². The Kier molecular flexibility index (Phi) is 1.81. The van der Waals surface area contributed by atoms with Crippen molar-refractivity contribution in [3.63, 3.8) is 0 Å². The number of nitrogens with one attached hydrogen (secondary N) is 1. The van der Waals surface area contributed by atoms with E-state index in [2.05, 4.69) is 9.97 Å². The second kappa shape index (κ2) is 2.85. The van der Waals surface area contributed by atoms with Crippen molar-refractivity contribution < 1.29 is 0 Å². The molecule has 1 heterocycles. The number of nitrogen functional groups attached to an aromatic ring is 1. The number of anilines is 1. The van der Waals surface area contributed by atoms with Gasteiger partial charge in [-0.3, -0.25) is 4.79 Å². The number of nitrogens with zero attached hydrogens (tertiary/aromatic N) is 1. The molecule has 1 saturated carbocycles. The molecule has 0 bridgehead atoms. The van der Waals surface area contributed by atoms with Gasteiger partial charge in [0.25, 0.3) is 5.56 Å². The van der Waals surface area contributed by atoms with Crippen LogP contribution >= 0.6 is 0 Å². The van der Waals surface area contributed by atoms with Gasteiger partial charge in [0.1, 0.15) is 11.6 Å². The molecular formula is C8H12N4O. The minimum absolute atomic E-state index is 0.170. The summed E-state index contributed by atoms with van der Waals surface area (Å²) in [5.74, 6) is 1.20. The van der Waals surface area contributed by atoms with Gasteiger partial charge in [-0.1, -0.05) is 0 Å². The Balaban J connectivity index is 2.33. The molecule has 2 rings (SSSR count). The summed E-state index contributed by atoms with van der Waals surface area (Å²) in [6.07, 6.45) is 2.22. The number of H-pyrrole nitrogens is 1. The number of nitrogens with two attached hydrogens (primary N) is 2. The summed E-state index contributed by atoms with van der Waals surface area (Å²) in [4.78, 5) is 17.6. The summed E-state index contributed by atoms with van der Waals surface area (Å²) in [6, 6.07) is 1.08. The van der Waals surface area contributed by atoms with E-state index < -0.39 is 0 Å².